The van der Waals surface area contributed by atoms with E-state index in [1.54, 1.807) is 27.7 Å². The van der Waals surface area contributed by atoms with Crippen LogP contribution in [0.25, 0.3) is 0 Å². The molecule has 0 spiro atoms. The number of carboxylic acid groups (broad SMARTS) is 2. The number of anilines is 1. The van der Waals surface area contributed by atoms with Crippen molar-refractivity contribution in [1.82, 2.24) is 35.4 Å². The number of nitrogens with zero attached hydrogens (tertiary/aromatic N) is 7. The third kappa shape index (κ3) is 6.69. The molecule has 2 aromatic rings. The van der Waals surface area contributed by atoms with Crippen molar-refractivity contribution in [3.8, 4) is 0 Å². The molecule has 4 heterocycles. The zero-order valence-electron chi connectivity index (χ0n) is 21.6. The summed E-state index contributed by atoms with van der Waals surface area (Å²) in [5, 5.41) is 37.1. The van der Waals surface area contributed by atoms with E-state index in [1.807, 2.05) is 0 Å². The predicted molar refractivity (Wildman–Crippen MR) is 139 cm³/mol. The second-order valence-electron chi connectivity index (χ2n) is 9.23. The van der Waals surface area contributed by atoms with Crippen LogP contribution >= 0.6 is 23.1 Å². The van der Waals surface area contributed by atoms with E-state index in [9.17, 15) is 24.3 Å². The number of hydrogen-bond donors (Lipinski definition) is 4. The Labute approximate surface area is 230 Å². The number of aryl methyl sites for hydroxylation is 1. The van der Waals surface area contributed by atoms with Crippen LogP contribution in [-0.4, -0.2) is 94.0 Å². The molecule has 2 amide bonds. The molecule has 1 saturated heterocycles. The van der Waals surface area contributed by atoms with Gasteiger partial charge in [-0.3, -0.25) is 19.3 Å². The number of rotatable bonds is 7. The molecule has 0 saturated carbocycles. The van der Waals surface area contributed by atoms with Gasteiger partial charge in [-0.05, 0) is 38.5 Å². The lowest BCUT2D eigenvalue weighted by Gasteiger charge is -2.49. The first-order valence-electron chi connectivity index (χ1n) is 11.3. The van der Waals surface area contributed by atoms with Crippen LogP contribution in [0.15, 0.2) is 21.8 Å². The van der Waals surface area contributed by atoms with Crippen LogP contribution in [-0.2, 0) is 30.6 Å². The Morgan fingerprint density at radius 2 is 1.97 bits per heavy atom. The number of hydrogen-bond acceptors (Lipinski definition) is 13. The maximum Gasteiger partial charge on any atom is 0.352 e. The van der Waals surface area contributed by atoms with Crippen molar-refractivity contribution in [3.63, 3.8) is 0 Å². The zero-order chi connectivity index (χ0) is 29.1. The fourth-order valence-corrected chi connectivity index (χ4v) is 5.15. The molecule has 5 N–H and O–H groups in total. The first-order chi connectivity index (χ1) is 18.2. The molecule has 0 aromatic carbocycles. The Hall–Kier alpha value is -4.06. The number of nitrogen functional groups attached to an aromatic ring is 1. The van der Waals surface area contributed by atoms with Gasteiger partial charge in [-0.15, -0.1) is 33.3 Å². The number of amides is 2. The Bertz CT molecular complexity index is 1350. The predicted octanol–water partition coefficient (Wildman–Crippen LogP) is -0.0734. The van der Waals surface area contributed by atoms with Crippen molar-refractivity contribution < 1.29 is 34.2 Å². The highest BCUT2D eigenvalue weighted by molar-refractivity contribution is 8.00. The van der Waals surface area contributed by atoms with Gasteiger partial charge in [0, 0.05) is 11.1 Å². The molecular weight excluding hydrogens is 554 g/mol. The Morgan fingerprint density at radius 3 is 2.46 bits per heavy atom. The lowest BCUT2D eigenvalue weighted by molar-refractivity contribution is -0.150. The Balaban J connectivity index is 0.000000532. The number of nitrogens with one attached hydrogen (secondary N) is 1. The van der Waals surface area contributed by atoms with E-state index in [0.29, 0.717) is 17.2 Å². The number of β-lactam (4-membered cyclic amide) rings is 1. The Kier molecular flexibility index (Phi) is 8.90. The van der Waals surface area contributed by atoms with Gasteiger partial charge in [0.2, 0.25) is 0 Å². The van der Waals surface area contributed by atoms with Crippen molar-refractivity contribution in [3.05, 3.63) is 28.2 Å². The number of thioether (sulfide) groups is 1. The van der Waals surface area contributed by atoms with Crippen LogP contribution in [0.2, 0.25) is 0 Å². The second kappa shape index (κ2) is 11.8. The van der Waals surface area contributed by atoms with E-state index in [-0.39, 0.29) is 28.8 Å². The molecule has 210 valence electrons. The fraction of sp³-hybridized carbons (Fsp3) is 0.476. The van der Waals surface area contributed by atoms with E-state index in [1.165, 1.54) is 29.0 Å². The molecule has 0 unspecified atom stereocenters. The van der Waals surface area contributed by atoms with Crippen molar-refractivity contribution in [2.75, 3.05) is 18.6 Å². The highest BCUT2D eigenvalue weighted by Gasteiger charge is 2.54. The average Bonchev–Trinajstić information content (AvgIpc) is 3.47. The maximum atomic E-state index is 12.8. The summed E-state index contributed by atoms with van der Waals surface area (Å²) in [6.07, 6.45) is 0. The zero-order valence-corrected chi connectivity index (χ0v) is 23.2. The first kappa shape index (κ1) is 29.5. The molecule has 0 aliphatic carbocycles. The smallest absolute Gasteiger partial charge is 0.352 e. The minimum atomic E-state index is -1.25. The van der Waals surface area contributed by atoms with Crippen molar-refractivity contribution in [2.24, 2.45) is 10.6 Å². The minimum Gasteiger partial charge on any atom is -0.481 e. The van der Waals surface area contributed by atoms with Crippen molar-refractivity contribution in [1.29, 1.82) is 0 Å². The largest absolute Gasteiger partial charge is 0.481 e. The molecule has 0 bridgehead atoms. The molecule has 0 radical (unpaired) electrons. The number of aromatic nitrogens is 5. The highest BCUT2D eigenvalue weighted by atomic mass is 32.2. The summed E-state index contributed by atoms with van der Waals surface area (Å²) < 4.78 is 0. The molecular formula is C21H27N9O7S2. The standard InChI is InChI=1S/C16H17N9O5S2.C5H10O2/c1-6-20-23-24(21-6)3-7-4-31-14-10(13(27)25(14)11(7)15(28)29)19-12(26)9(22-30-2)8-5-32-16(17)18-8;1-5(2,3)4(6)7/h5,10,14H,3-4H2,1-2H3,(H2,17,18)(H,19,26)(H,28,29);1-3H3,(H,6,7)/t10-,14-;/m1./s1. The van der Waals surface area contributed by atoms with E-state index in [0.717, 1.165) is 16.2 Å². The molecule has 18 heteroatoms. The van der Waals surface area contributed by atoms with Crippen LogP contribution in [0.4, 0.5) is 5.13 Å². The lowest BCUT2D eigenvalue weighted by Crippen LogP contribution is -2.71. The Morgan fingerprint density at radius 1 is 1.31 bits per heavy atom. The van der Waals surface area contributed by atoms with Crippen LogP contribution in [0.5, 0.6) is 0 Å². The topological polar surface area (TPSA) is 228 Å². The van der Waals surface area contributed by atoms with Crippen LogP contribution in [0.1, 0.15) is 32.3 Å². The van der Waals surface area contributed by atoms with E-state index < -0.39 is 40.6 Å². The van der Waals surface area contributed by atoms with Crippen LogP contribution in [0.3, 0.4) is 0 Å². The number of carboxylic acids is 2. The normalized spacial score (nSPS) is 18.9. The van der Waals surface area contributed by atoms with Gasteiger partial charge in [-0.1, -0.05) is 5.16 Å². The van der Waals surface area contributed by atoms with Gasteiger partial charge in [0.15, 0.2) is 16.7 Å². The van der Waals surface area contributed by atoms with Crippen molar-refractivity contribution >= 4 is 57.7 Å². The third-order valence-electron chi connectivity index (χ3n) is 5.23. The second-order valence-corrected chi connectivity index (χ2v) is 11.2. The quantitative estimate of drug-likeness (QED) is 0.191. The van der Waals surface area contributed by atoms with Gasteiger partial charge in [-0.2, -0.15) is 4.80 Å². The highest BCUT2D eigenvalue weighted by Crippen LogP contribution is 2.40. The number of aliphatic carboxylic acids is 2. The number of nitrogens with two attached hydrogens (primary N) is 1. The summed E-state index contributed by atoms with van der Waals surface area (Å²) in [6, 6.07) is -0.937. The summed E-state index contributed by atoms with van der Waals surface area (Å²) in [5.41, 5.74) is 5.42. The van der Waals surface area contributed by atoms with E-state index >= 15 is 0 Å². The number of oxime groups is 1. The third-order valence-corrected chi connectivity index (χ3v) is 7.24. The number of carbonyl (C=O) groups excluding carboxylic acids is 2. The number of carbonyl (C=O) groups is 4. The van der Waals surface area contributed by atoms with Crippen molar-refractivity contribution in [2.45, 2.75) is 45.7 Å². The summed E-state index contributed by atoms with van der Waals surface area (Å²) in [7, 11) is 1.27. The van der Waals surface area contributed by atoms with Gasteiger partial charge >= 0.3 is 11.9 Å². The summed E-state index contributed by atoms with van der Waals surface area (Å²) >= 11 is 2.44. The summed E-state index contributed by atoms with van der Waals surface area (Å²) in [5.74, 6) is -2.49. The average molecular weight is 582 g/mol. The van der Waals surface area contributed by atoms with E-state index in [4.69, 9.17) is 15.7 Å². The number of thiazole rings is 1. The molecule has 16 nitrogen and oxygen atoms in total. The molecule has 2 aliphatic rings. The van der Waals surface area contributed by atoms with Gasteiger partial charge in [-0.25, -0.2) is 9.78 Å². The van der Waals surface area contributed by atoms with Gasteiger partial charge in [0.1, 0.15) is 29.9 Å². The SMILES string of the molecule is CC(C)(C)C(=O)O.CON=C(C(=O)N[C@@H]1C(=O)N2C(C(=O)O)=C(Cn3nnc(C)n3)CS[C@H]12)c1csc(N)n1. The number of fused-ring (bicyclic) bond motifs is 1. The molecule has 2 aromatic heterocycles. The summed E-state index contributed by atoms with van der Waals surface area (Å²) in [6.45, 7) is 6.73. The van der Waals surface area contributed by atoms with Gasteiger partial charge < -0.3 is 26.1 Å². The molecule has 2 atom stereocenters. The summed E-state index contributed by atoms with van der Waals surface area (Å²) in [4.78, 5) is 58.7. The fourth-order valence-electron chi connectivity index (χ4n) is 3.27. The lowest BCUT2D eigenvalue weighted by atomic mass is 9.98. The van der Waals surface area contributed by atoms with E-state index in [2.05, 4.69) is 30.9 Å². The monoisotopic (exact) mass is 581 g/mol. The minimum absolute atomic E-state index is 0.0822. The molecule has 39 heavy (non-hydrogen) atoms. The molecule has 2 aliphatic heterocycles. The van der Waals surface area contributed by atoms with Gasteiger partial charge in [0.05, 0.1) is 12.0 Å². The maximum absolute atomic E-state index is 12.8. The van der Waals surface area contributed by atoms with Crippen LogP contribution in [0, 0.1) is 12.3 Å². The first-order valence-corrected chi connectivity index (χ1v) is 13.2. The number of tetrazole rings is 1. The van der Waals surface area contributed by atoms with Gasteiger partial charge in [0.25, 0.3) is 11.8 Å². The molecule has 1 fully saturated rings. The molecule has 4 rings (SSSR count). The van der Waals surface area contributed by atoms with Crippen LogP contribution < -0.4 is 11.1 Å².